The molecule has 5 nitrogen and oxygen atoms in total. The van der Waals surface area contributed by atoms with Crippen LogP contribution < -0.4 is 5.32 Å². The third kappa shape index (κ3) is 4.99. The number of rotatable bonds is 6. The fourth-order valence-electron chi connectivity index (χ4n) is 2.62. The van der Waals surface area contributed by atoms with E-state index in [1.54, 1.807) is 24.3 Å². The molecule has 0 spiro atoms. The number of aromatic amines is 1. The molecule has 0 fully saturated rings. The number of carbonyl (C=O) groups excluding carboxylic acids is 1. The Balaban J connectivity index is 1.63. The Kier molecular flexibility index (Phi) is 5.94. The van der Waals surface area contributed by atoms with Crippen molar-refractivity contribution in [3.63, 3.8) is 0 Å². The van der Waals surface area contributed by atoms with Crippen LogP contribution in [-0.2, 0) is 11.2 Å². The van der Waals surface area contributed by atoms with E-state index in [1.165, 1.54) is 17.3 Å². The van der Waals surface area contributed by atoms with Crippen LogP contribution in [0.5, 0.6) is 0 Å². The number of carbonyl (C=O) groups is 1. The maximum atomic E-state index is 12.4. The van der Waals surface area contributed by atoms with Crippen LogP contribution in [0.4, 0.5) is 5.69 Å². The summed E-state index contributed by atoms with van der Waals surface area (Å²) in [6.45, 7) is 3.83. The zero-order valence-electron chi connectivity index (χ0n) is 15.2. The monoisotopic (exact) mass is 376 g/mol. The van der Waals surface area contributed by atoms with Crippen molar-refractivity contribution in [2.24, 2.45) is 0 Å². The van der Waals surface area contributed by atoms with Crippen molar-refractivity contribution in [3.05, 3.63) is 77.1 Å². The quantitative estimate of drug-likeness (QED) is 0.629. The van der Waals surface area contributed by atoms with Gasteiger partial charge in [0, 0.05) is 17.8 Å². The van der Waals surface area contributed by atoms with E-state index in [0.717, 1.165) is 23.0 Å². The zero-order valence-corrected chi connectivity index (χ0v) is 16.0. The summed E-state index contributed by atoms with van der Waals surface area (Å²) in [6, 6.07) is 19.1. The first-order valence-corrected chi connectivity index (χ1v) is 9.50. The second-order valence-corrected chi connectivity index (χ2v) is 7.55. The van der Waals surface area contributed by atoms with Gasteiger partial charge in [0.05, 0.1) is 22.6 Å². The third-order valence-corrected chi connectivity index (χ3v) is 5.08. The molecule has 1 heterocycles. The van der Waals surface area contributed by atoms with E-state index in [-0.39, 0.29) is 11.2 Å². The van der Waals surface area contributed by atoms with Crippen LogP contribution in [0.2, 0.25) is 0 Å². The van der Waals surface area contributed by atoms with Gasteiger partial charge in [0.1, 0.15) is 0 Å². The van der Waals surface area contributed by atoms with E-state index in [1.807, 2.05) is 32.0 Å². The second-order valence-electron chi connectivity index (χ2n) is 6.22. The molecule has 27 heavy (non-hydrogen) atoms. The number of hydrogen-bond donors (Lipinski definition) is 2. The Morgan fingerprint density at radius 1 is 1.26 bits per heavy atom. The van der Waals surface area contributed by atoms with Crippen LogP contribution in [0.3, 0.4) is 0 Å². The maximum Gasteiger partial charge on any atom is 0.237 e. The second kappa shape index (κ2) is 8.56. The van der Waals surface area contributed by atoms with Crippen molar-refractivity contribution in [2.75, 3.05) is 5.32 Å². The Bertz CT molecular complexity index is 975. The van der Waals surface area contributed by atoms with Crippen LogP contribution in [0.25, 0.3) is 0 Å². The van der Waals surface area contributed by atoms with Gasteiger partial charge >= 0.3 is 0 Å². The van der Waals surface area contributed by atoms with Crippen molar-refractivity contribution < 1.29 is 4.79 Å². The van der Waals surface area contributed by atoms with Gasteiger partial charge in [-0.25, -0.2) is 4.98 Å². The molecule has 6 heteroatoms. The van der Waals surface area contributed by atoms with Crippen molar-refractivity contribution in [3.8, 4) is 6.07 Å². The first kappa shape index (κ1) is 18.7. The number of aryl methyl sites for hydroxylation is 1. The summed E-state index contributed by atoms with van der Waals surface area (Å²) < 4.78 is 0. The lowest BCUT2D eigenvalue weighted by Crippen LogP contribution is -2.22. The summed E-state index contributed by atoms with van der Waals surface area (Å²) in [5, 5.41) is 12.2. The average molecular weight is 376 g/mol. The van der Waals surface area contributed by atoms with Crippen molar-refractivity contribution in [1.82, 2.24) is 9.97 Å². The van der Waals surface area contributed by atoms with Gasteiger partial charge in [-0.3, -0.25) is 4.79 Å². The van der Waals surface area contributed by atoms with Crippen molar-refractivity contribution in [2.45, 2.75) is 30.7 Å². The molecule has 0 aliphatic heterocycles. The molecule has 0 radical (unpaired) electrons. The fourth-order valence-corrected chi connectivity index (χ4v) is 3.49. The maximum absolute atomic E-state index is 12.4. The topological polar surface area (TPSA) is 81.6 Å². The number of thioether (sulfide) groups is 1. The molecule has 1 atom stereocenters. The van der Waals surface area contributed by atoms with Gasteiger partial charge in [-0.2, -0.15) is 5.26 Å². The van der Waals surface area contributed by atoms with Gasteiger partial charge in [0.15, 0.2) is 5.16 Å². The zero-order chi connectivity index (χ0) is 19.2. The molecule has 1 unspecified atom stereocenters. The minimum absolute atomic E-state index is 0.131. The number of anilines is 1. The minimum atomic E-state index is -0.328. The fraction of sp³-hybridized carbons (Fsp3) is 0.190. The van der Waals surface area contributed by atoms with Gasteiger partial charge in [0.25, 0.3) is 0 Å². The van der Waals surface area contributed by atoms with Crippen molar-refractivity contribution in [1.29, 1.82) is 5.26 Å². The Hall–Kier alpha value is -3.04. The van der Waals surface area contributed by atoms with Gasteiger partial charge in [-0.1, -0.05) is 48.2 Å². The summed E-state index contributed by atoms with van der Waals surface area (Å²) in [5.74, 6) is -0.131. The molecule has 0 aliphatic rings. The SMILES string of the molecule is Cc1[nH]c(SC(C)C(=O)Nc2cccc(C#N)c2)nc1Cc1ccccc1. The summed E-state index contributed by atoms with van der Waals surface area (Å²) in [4.78, 5) is 20.4. The molecule has 136 valence electrons. The van der Waals surface area contributed by atoms with Gasteiger partial charge in [0.2, 0.25) is 5.91 Å². The van der Waals surface area contributed by atoms with E-state index < -0.39 is 0 Å². The first-order chi connectivity index (χ1) is 13.0. The van der Waals surface area contributed by atoms with E-state index in [9.17, 15) is 4.79 Å². The first-order valence-electron chi connectivity index (χ1n) is 8.62. The predicted octanol–water partition coefficient (Wildman–Crippen LogP) is 4.30. The number of aromatic nitrogens is 2. The van der Waals surface area contributed by atoms with E-state index in [2.05, 4.69) is 33.5 Å². The molecule has 3 rings (SSSR count). The van der Waals surface area contributed by atoms with Crippen LogP contribution in [0, 0.1) is 18.3 Å². The Labute approximate surface area is 162 Å². The lowest BCUT2D eigenvalue weighted by atomic mass is 10.1. The average Bonchev–Trinajstić information content (AvgIpc) is 3.01. The Morgan fingerprint density at radius 2 is 2.04 bits per heavy atom. The molecule has 0 bridgehead atoms. The highest BCUT2D eigenvalue weighted by atomic mass is 32.2. The molecule has 2 aromatic carbocycles. The summed E-state index contributed by atoms with van der Waals surface area (Å²) >= 11 is 1.38. The molecule has 0 aliphatic carbocycles. The molecular formula is C21H20N4OS. The van der Waals surface area contributed by atoms with E-state index >= 15 is 0 Å². The molecule has 0 saturated heterocycles. The number of H-pyrrole nitrogens is 1. The summed E-state index contributed by atoms with van der Waals surface area (Å²) in [5.41, 5.74) is 4.33. The number of imidazole rings is 1. The van der Waals surface area contributed by atoms with Crippen LogP contribution in [-0.4, -0.2) is 21.1 Å². The minimum Gasteiger partial charge on any atom is -0.337 e. The molecule has 0 saturated carbocycles. The largest absolute Gasteiger partial charge is 0.337 e. The number of hydrogen-bond acceptors (Lipinski definition) is 4. The lowest BCUT2D eigenvalue weighted by molar-refractivity contribution is -0.115. The molecule has 1 amide bonds. The number of nitrogens with one attached hydrogen (secondary N) is 2. The van der Waals surface area contributed by atoms with Crippen LogP contribution in [0.1, 0.15) is 29.4 Å². The number of amides is 1. The van der Waals surface area contributed by atoms with E-state index in [0.29, 0.717) is 11.3 Å². The van der Waals surface area contributed by atoms with Gasteiger partial charge in [-0.15, -0.1) is 0 Å². The predicted molar refractivity (Wildman–Crippen MR) is 108 cm³/mol. The van der Waals surface area contributed by atoms with Crippen molar-refractivity contribution >= 4 is 23.4 Å². The molecule has 2 N–H and O–H groups in total. The normalized spacial score (nSPS) is 11.6. The highest BCUT2D eigenvalue weighted by molar-refractivity contribution is 8.00. The highest BCUT2D eigenvalue weighted by Crippen LogP contribution is 2.24. The number of nitrogens with zero attached hydrogens (tertiary/aromatic N) is 2. The Morgan fingerprint density at radius 3 is 2.78 bits per heavy atom. The summed E-state index contributed by atoms with van der Waals surface area (Å²) in [7, 11) is 0. The highest BCUT2D eigenvalue weighted by Gasteiger charge is 2.18. The number of nitriles is 1. The standard InChI is InChI=1S/C21H20N4OS/c1-14-19(12-16-7-4-3-5-8-16)25-21(23-14)27-15(2)20(26)24-18-10-6-9-17(11-18)13-22/h3-11,15H,12H2,1-2H3,(H,23,25)(H,24,26). The van der Waals surface area contributed by atoms with Gasteiger partial charge in [-0.05, 0) is 37.6 Å². The number of benzene rings is 2. The third-order valence-electron chi connectivity index (χ3n) is 4.10. The summed E-state index contributed by atoms with van der Waals surface area (Å²) in [6.07, 6.45) is 0.755. The lowest BCUT2D eigenvalue weighted by Gasteiger charge is -2.10. The van der Waals surface area contributed by atoms with E-state index in [4.69, 9.17) is 5.26 Å². The molecular weight excluding hydrogens is 356 g/mol. The smallest absolute Gasteiger partial charge is 0.237 e. The molecule has 1 aromatic heterocycles. The van der Waals surface area contributed by atoms with Gasteiger partial charge < -0.3 is 10.3 Å². The van der Waals surface area contributed by atoms with Crippen LogP contribution >= 0.6 is 11.8 Å². The molecule has 3 aromatic rings. The van der Waals surface area contributed by atoms with Crippen LogP contribution in [0.15, 0.2) is 59.8 Å².